The van der Waals surface area contributed by atoms with Crippen molar-refractivity contribution in [3.8, 4) is 0 Å². The number of thioether (sulfide) groups is 1. The van der Waals surface area contributed by atoms with Gasteiger partial charge in [0.1, 0.15) is 0 Å². The molecule has 0 aliphatic heterocycles. The van der Waals surface area contributed by atoms with Gasteiger partial charge in [-0.15, -0.1) is 0 Å². The Hall–Kier alpha value is 0.310. The Morgan fingerprint density at radius 2 is 0.963 bits per heavy atom. The lowest BCUT2D eigenvalue weighted by Crippen LogP contribution is -2.12. The first kappa shape index (κ1) is 27.3. The topological polar surface area (TPSA) is 9.23 Å². The van der Waals surface area contributed by atoms with Crippen LogP contribution in [0, 0.1) is 0 Å². The molecule has 0 spiro atoms. The molecule has 0 bridgehead atoms. The number of ether oxygens (including phenoxy) is 1. The standard InChI is InChI=1S/C25H52OS/c1-4-6-8-10-12-14-15-17-19-21-23-27-24-25(3)26-22-20-18-16-13-11-9-7-5-2/h25H,4-24H2,1-3H3. The van der Waals surface area contributed by atoms with Crippen molar-refractivity contribution < 1.29 is 4.74 Å². The monoisotopic (exact) mass is 400 g/mol. The maximum atomic E-state index is 5.97. The summed E-state index contributed by atoms with van der Waals surface area (Å²) in [7, 11) is 0. The second kappa shape index (κ2) is 24.3. The van der Waals surface area contributed by atoms with Gasteiger partial charge < -0.3 is 4.74 Å². The quantitative estimate of drug-likeness (QED) is 0.158. The number of hydrogen-bond acceptors (Lipinski definition) is 2. The summed E-state index contributed by atoms with van der Waals surface area (Å²) < 4.78 is 5.97. The summed E-state index contributed by atoms with van der Waals surface area (Å²) in [5.74, 6) is 2.50. The van der Waals surface area contributed by atoms with Gasteiger partial charge in [0.2, 0.25) is 0 Å². The van der Waals surface area contributed by atoms with E-state index in [0.29, 0.717) is 6.10 Å². The fourth-order valence-corrected chi connectivity index (χ4v) is 4.51. The Kier molecular flexibility index (Phi) is 24.6. The van der Waals surface area contributed by atoms with E-state index in [4.69, 9.17) is 4.74 Å². The molecule has 0 heterocycles. The first-order valence-corrected chi connectivity index (χ1v) is 13.7. The van der Waals surface area contributed by atoms with Gasteiger partial charge in [0.15, 0.2) is 0 Å². The molecule has 0 fully saturated rings. The van der Waals surface area contributed by atoms with Gasteiger partial charge in [0, 0.05) is 12.4 Å². The van der Waals surface area contributed by atoms with Crippen molar-refractivity contribution in [1.29, 1.82) is 0 Å². The van der Waals surface area contributed by atoms with Gasteiger partial charge >= 0.3 is 0 Å². The minimum Gasteiger partial charge on any atom is -0.378 e. The van der Waals surface area contributed by atoms with Gasteiger partial charge in [-0.1, -0.05) is 117 Å². The third kappa shape index (κ3) is 24.3. The predicted octanol–water partition coefficient (Wildman–Crippen LogP) is 9.19. The summed E-state index contributed by atoms with van der Waals surface area (Å²) >= 11 is 2.09. The van der Waals surface area contributed by atoms with Gasteiger partial charge in [-0.2, -0.15) is 11.8 Å². The molecule has 0 saturated heterocycles. The summed E-state index contributed by atoms with van der Waals surface area (Å²) in [6.07, 6.45) is 25.8. The molecule has 0 aliphatic rings. The van der Waals surface area contributed by atoms with Gasteiger partial charge in [-0.3, -0.25) is 0 Å². The van der Waals surface area contributed by atoms with Gasteiger partial charge in [-0.05, 0) is 25.5 Å². The molecular formula is C25H52OS. The van der Waals surface area contributed by atoms with Crippen LogP contribution in [-0.4, -0.2) is 24.2 Å². The van der Waals surface area contributed by atoms with Crippen LogP contribution in [0.15, 0.2) is 0 Å². The van der Waals surface area contributed by atoms with E-state index in [2.05, 4.69) is 32.5 Å². The highest BCUT2D eigenvalue weighted by Gasteiger charge is 2.02. The van der Waals surface area contributed by atoms with Crippen LogP contribution in [0.5, 0.6) is 0 Å². The predicted molar refractivity (Wildman–Crippen MR) is 127 cm³/mol. The second-order valence-corrected chi connectivity index (χ2v) is 9.56. The Morgan fingerprint density at radius 3 is 1.44 bits per heavy atom. The highest BCUT2D eigenvalue weighted by molar-refractivity contribution is 7.99. The Morgan fingerprint density at radius 1 is 0.556 bits per heavy atom. The van der Waals surface area contributed by atoms with Crippen molar-refractivity contribution in [2.75, 3.05) is 18.1 Å². The first-order valence-electron chi connectivity index (χ1n) is 12.5. The largest absolute Gasteiger partial charge is 0.378 e. The molecule has 0 N–H and O–H groups in total. The summed E-state index contributed by atoms with van der Waals surface area (Å²) in [4.78, 5) is 0. The van der Waals surface area contributed by atoms with Crippen molar-refractivity contribution in [2.45, 2.75) is 142 Å². The number of hydrogen-bond donors (Lipinski definition) is 0. The second-order valence-electron chi connectivity index (χ2n) is 8.41. The molecule has 0 radical (unpaired) electrons. The smallest absolute Gasteiger partial charge is 0.0637 e. The Bertz CT molecular complexity index is 257. The zero-order valence-electron chi connectivity index (χ0n) is 19.2. The molecule has 0 aromatic heterocycles. The average Bonchev–Trinajstić information content (AvgIpc) is 2.67. The van der Waals surface area contributed by atoms with E-state index in [1.54, 1.807) is 0 Å². The molecule has 0 amide bonds. The third-order valence-corrected chi connectivity index (χ3v) is 6.68. The molecule has 0 aliphatic carbocycles. The minimum absolute atomic E-state index is 0.433. The summed E-state index contributed by atoms with van der Waals surface area (Å²) in [5.41, 5.74) is 0. The maximum absolute atomic E-state index is 5.97. The van der Waals surface area contributed by atoms with Crippen LogP contribution in [-0.2, 0) is 4.74 Å². The van der Waals surface area contributed by atoms with Gasteiger partial charge in [0.25, 0.3) is 0 Å². The molecule has 0 aromatic carbocycles. The van der Waals surface area contributed by atoms with Crippen molar-refractivity contribution in [3.05, 3.63) is 0 Å². The van der Waals surface area contributed by atoms with Crippen molar-refractivity contribution >= 4 is 11.8 Å². The zero-order chi connectivity index (χ0) is 19.8. The third-order valence-electron chi connectivity index (χ3n) is 5.40. The lowest BCUT2D eigenvalue weighted by atomic mass is 10.1. The SMILES string of the molecule is CCCCCCCCCCCCSCC(C)OCCCCCCCCCC. The van der Waals surface area contributed by atoms with Crippen molar-refractivity contribution in [2.24, 2.45) is 0 Å². The first-order chi connectivity index (χ1) is 13.3. The van der Waals surface area contributed by atoms with Crippen LogP contribution in [0.4, 0.5) is 0 Å². The fourth-order valence-electron chi connectivity index (χ4n) is 3.51. The highest BCUT2D eigenvalue weighted by Crippen LogP contribution is 2.14. The van der Waals surface area contributed by atoms with E-state index in [1.165, 1.54) is 127 Å². The minimum atomic E-state index is 0.433. The molecule has 164 valence electrons. The normalized spacial score (nSPS) is 12.6. The molecule has 0 saturated carbocycles. The number of rotatable bonds is 23. The highest BCUT2D eigenvalue weighted by atomic mass is 32.2. The molecular weight excluding hydrogens is 348 g/mol. The van der Waals surface area contributed by atoms with Crippen LogP contribution in [0.2, 0.25) is 0 Å². The molecule has 2 heteroatoms. The molecule has 1 atom stereocenters. The maximum Gasteiger partial charge on any atom is 0.0637 e. The van der Waals surface area contributed by atoms with Crippen LogP contribution < -0.4 is 0 Å². The van der Waals surface area contributed by atoms with Crippen molar-refractivity contribution in [1.82, 2.24) is 0 Å². The summed E-state index contributed by atoms with van der Waals surface area (Å²) in [5, 5.41) is 0. The molecule has 0 rings (SSSR count). The van der Waals surface area contributed by atoms with E-state index in [-0.39, 0.29) is 0 Å². The summed E-state index contributed by atoms with van der Waals surface area (Å²) in [6, 6.07) is 0. The van der Waals surface area contributed by atoms with E-state index in [1.807, 2.05) is 0 Å². The number of unbranched alkanes of at least 4 members (excludes halogenated alkanes) is 16. The van der Waals surface area contributed by atoms with E-state index in [0.717, 1.165) is 6.61 Å². The van der Waals surface area contributed by atoms with Crippen LogP contribution >= 0.6 is 11.8 Å². The molecule has 1 unspecified atom stereocenters. The summed E-state index contributed by atoms with van der Waals surface area (Å²) in [6.45, 7) is 7.79. The van der Waals surface area contributed by atoms with E-state index >= 15 is 0 Å². The fraction of sp³-hybridized carbons (Fsp3) is 1.00. The average molecular weight is 401 g/mol. The zero-order valence-corrected chi connectivity index (χ0v) is 20.1. The lowest BCUT2D eigenvalue weighted by molar-refractivity contribution is 0.0787. The van der Waals surface area contributed by atoms with Crippen LogP contribution in [0.25, 0.3) is 0 Å². The Balaban J connectivity index is 3.12. The van der Waals surface area contributed by atoms with Crippen LogP contribution in [0.3, 0.4) is 0 Å². The molecule has 0 aromatic rings. The molecule has 1 nitrogen and oxygen atoms in total. The van der Waals surface area contributed by atoms with Crippen molar-refractivity contribution in [3.63, 3.8) is 0 Å². The lowest BCUT2D eigenvalue weighted by Gasteiger charge is -2.12. The van der Waals surface area contributed by atoms with E-state index < -0.39 is 0 Å². The van der Waals surface area contributed by atoms with Crippen LogP contribution in [0.1, 0.15) is 136 Å². The van der Waals surface area contributed by atoms with Gasteiger partial charge in [0.05, 0.1) is 6.10 Å². The van der Waals surface area contributed by atoms with E-state index in [9.17, 15) is 0 Å². The Labute approximate surface area is 177 Å². The molecule has 27 heavy (non-hydrogen) atoms. The van der Waals surface area contributed by atoms with Gasteiger partial charge in [-0.25, -0.2) is 0 Å².